The predicted octanol–water partition coefficient (Wildman–Crippen LogP) is 2.92. The molecule has 4 fully saturated rings. The highest BCUT2D eigenvalue weighted by Crippen LogP contribution is 2.79. The fourth-order valence-corrected chi connectivity index (χ4v) is 4.40. The largest absolute Gasteiger partial charge is 0.294 e. The maximum Gasteiger partial charge on any atom is 0.169 e. The van der Waals surface area contributed by atoms with Crippen LogP contribution in [0.15, 0.2) is 30.3 Å². The summed E-state index contributed by atoms with van der Waals surface area (Å²) in [7, 11) is 0. The first-order valence-corrected chi connectivity index (χ1v) is 5.92. The Morgan fingerprint density at radius 2 is 1.80 bits per heavy atom. The van der Waals surface area contributed by atoms with Gasteiger partial charge in [-0.1, -0.05) is 30.3 Å². The smallest absolute Gasteiger partial charge is 0.169 e. The number of benzene rings is 1. The quantitative estimate of drug-likeness (QED) is 0.668. The molecule has 0 spiro atoms. The minimum Gasteiger partial charge on any atom is -0.294 e. The average molecular weight is 198 g/mol. The van der Waals surface area contributed by atoms with Crippen molar-refractivity contribution in [3.63, 3.8) is 0 Å². The van der Waals surface area contributed by atoms with Crippen LogP contribution >= 0.6 is 0 Å². The van der Waals surface area contributed by atoms with Crippen molar-refractivity contribution in [1.29, 1.82) is 0 Å². The van der Waals surface area contributed by atoms with Crippen molar-refractivity contribution in [3.05, 3.63) is 35.9 Å². The van der Waals surface area contributed by atoms with E-state index in [2.05, 4.69) is 0 Å². The minimum absolute atomic E-state index is 0.117. The Labute approximate surface area is 89.5 Å². The molecule has 0 radical (unpaired) electrons. The van der Waals surface area contributed by atoms with Crippen molar-refractivity contribution >= 4 is 5.78 Å². The summed E-state index contributed by atoms with van der Waals surface area (Å²) in [6, 6.07) is 9.87. The second-order valence-electron chi connectivity index (χ2n) is 5.49. The molecule has 15 heavy (non-hydrogen) atoms. The molecule has 0 aliphatic heterocycles. The van der Waals surface area contributed by atoms with Gasteiger partial charge < -0.3 is 0 Å². The molecule has 1 heteroatoms. The molecule has 0 aromatic heterocycles. The Bertz CT molecular complexity index is 422. The van der Waals surface area contributed by atoms with Crippen molar-refractivity contribution < 1.29 is 4.79 Å². The van der Waals surface area contributed by atoms with E-state index >= 15 is 0 Å². The van der Waals surface area contributed by atoms with Gasteiger partial charge in [-0.05, 0) is 37.0 Å². The number of ketones is 1. The lowest BCUT2D eigenvalue weighted by Crippen LogP contribution is -2.15. The molecule has 0 heterocycles. The van der Waals surface area contributed by atoms with E-state index in [9.17, 15) is 4.79 Å². The number of carbonyl (C=O) groups excluding carboxylic acids is 1. The van der Waals surface area contributed by atoms with Gasteiger partial charge in [0, 0.05) is 11.0 Å². The topological polar surface area (TPSA) is 17.1 Å². The lowest BCUT2D eigenvalue weighted by atomic mass is 9.92. The van der Waals surface area contributed by atoms with Gasteiger partial charge in [-0.3, -0.25) is 4.79 Å². The summed E-state index contributed by atoms with van der Waals surface area (Å²) < 4.78 is 0. The molecule has 0 amide bonds. The predicted molar refractivity (Wildman–Crippen MR) is 57.5 cm³/mol. The number of Topliss-reactive ketones (excluding diaryl/α,β-unsaturated/α-hetero) is 1. The van der Waals surface area contributed by atoms with Gasteiger partial charge in [0.2, 0.25) is 0 Å². The van der Waals surface area contributed by atoms with Crippen LogP contribution in [0.25, 0.3) is 0 Å². The maximum absolute atomic E-state index is 12.4. The van der Waals surface area contributed by atoms with Crippen molar-refractivity contribution in [3.8, 4) is 0 Å². The zero-order chi connectivity index (χ0) is 10.0. The van der Waals surface area contributed by atoms with Crippen LogP contribution in [-0.2, 0) is 0 Å². The van der Waals surface area contributed by atoms with Crippen LogP contribution in [-0.4, -0.2) is 5.78 Å². The van der Waals surface area contributed by atoms with Gasteiger partial charge in [0.05, 0.1) is 0 Å². The van der Waals surface area contributed by atoms with E-state index in [1.165, 1.54) is 19.3 Å². The lowest BCUT2D eigenvalue weighted by molar-refractivity contribution is 0.0890. The number of hydrogen-bond acceptors (Lipinski definition) is 1. The third-order valence-corrected chi connectivity index (χ3v) is 4.96. The first-order valence-electron chi connectivity index (χ1n) is 5.92. The van der Waals surface area contributed by atoms with Gasteiger partial charge in [-0.15, -0.1) is 0 Å². The molecule has 1 nitrogen and oxygen atoms in total. The van der Waals surface area contributed by atoms with E-state index in [0.717, 1.165) is 23.3 Å². The van der Waals surface area contributed by atoms with Gasteiger partial charge in [-0.2, -0.15) is 0 Å². The highest BCUT2D eigenvalue weighted by molar-refractivity contribution is 6.03. The number of rotatable bonds is 2. The lowest BCUT2D eigenvalue weighted by Gasteiger charge is -2.09. The zero-order valence-electron chi connectivity index (χ0n) is 8.65. The van der Waals surface area contributed by atoms with E-state index in [4.69, 9.17) is 0 Å². The molecule has 0 N–H and O–H groups in total. The van der Waals surface area contributed by atoms with Gasteiger partial charge in [-0.25, -0.2) is 0 Å². The van der Waals surface area contributed by atoms with Gasteiger partial charge >= 0.3 is 0 Å². The normalized spacial score (nSPS) is 44.4. The van der Waals surface area contributed by atoms with Crippen molar-refractivity contribution in [2.24, 2.45) is 23.2 Å². The Morgan fingerprint density at radius 3 is 2.33 bits per heavy atom. The van der Waals surface area contributed by atoms with Crippen LogP contribution in [0.1, 0.15) is 29.6 Å². The van der Waals surface area contributed by atoms with Crippen LogP contribution in [0.4, 0.5) is 0 Å². The van der Waals surface area contributed by atoms with E-state index in [1.54, 1.807) is 0 Å². The summed E-state index contributed by atoms with van der Waals surface area (Å²) in [6.07, 6.45) is 3.86. The first kappa shape index (κ1) is 8.09. The van der Waals surface area contributed by atoms with E-state index in [0.29, 0.717) is 5.78 Å². The molecule has 76 valence electrons. The van der Waals surface area contributed by atoms with Crippen LogP contribution in [0.3, 0.4) is 0 Å². The van der Waals surface area contributed by atoms with Crippen LogP contribution in [0.5, 0.6) is 0 Å². The molecule has 4 saturated carbocycles. The standard InChI is InChI=1S/C14H14O/c15-13(10-4-2-1-3-5-10)14-8-9-6-11(14)12(14)7-9/h1-5,9,11-12H,6-8H2/t9?,11-,12+,14?. The third-order valence-electron chi connectivity index (χ3n) is 4.96. The van der Waals surface area contributed by atoms with Crippen molar-refractivity contribution in [1.82, 2.24) is 0 Å². The summed E-state index contributed by atoms with van der Waals surface area (Å²) in [5.74, 6) is 2.84. The van der Waals surface area contributed by atoms with Crippen LogP contribution < -0.4 is 0 Å². The third kappa shape index (κ3) is 0.794. The maximum atomic E-state index is 12.4. The summed E-state index contributed by atoms with van der Waals surface area (Å²) >= 11 is 0. The number of hydrogen-bond donors (Lipinski definition) is 0. The molecule has 5 rings (SSSR count). The minimum atomic E-state index is 0.117. The highest BCUT2D eigenvalue weighted by Gasteiger charge is 2.77. The average Bonchev–Trinajstić information content (AvgIpc) is 2.78. The Kier molecular flexibility index (Phi) is 1.26. The van der Waals surface area contributed by atoms with Crippen molar-refractivity contribution in [2.75, 3.05) is 0 Å². The SMILES string of the molecule is O=C(c1ccccc1)C12CC3C[C@@H]1[C@@H]2C3. The van der Waals surface area contributed by atoms with Gasteiger partial charge in [0.1, 0.15) is 0 Å². The Hall–Kier alpha value is -1.11. The Balaban J connectivity index is 1.74. The Morgan fingerprint density at radius 1 is 1.13 bits per heavy atom. The van der Waals surface area contributed by atoms with Gasteiger partial charge in [0.25, 0.3) is 0 Å². The molecule has 2 unspecified atom stereocenters. The summed E-state index contributed by atoms with van der Waals surface area (Å²) in [6.45, 7) is 0. The molecule has 0 saturated heterocycles. The first-order chi connectivity index (χ1) is 7.32. The number of carbonyl (C=O) groups is 1. The van der Waals surface area contributed by atoms with E-state index < -0.39 is 0 Å². The second-order valence-corrected chi connectivity index (χ2v) is 5.49. The molecular formula is C14H14O. The molecule has 1 aromatic carbocycles. The van der Waals surface area contributed by atoms with Crippen LogP contribution in [0, 0.1) is 23.2 Å². The second kappa shape index (κ2) is 2.34. The molecule has 1 aromatic rings. The molecule has 4 atom stereocenters. The van der Waals surface area contributed by atoms with Crippen molar-refractivity contribution in [2.45, 2.75) is 19.3 Å². The summed E-state index contributed by atoms with van der Waals surface area (Å²) in [5, 5.41) is 0. The highest BCUT2D eigenvalue weighted by atomic mass is 16.1. The van der Waals surface area contributed by atoms with Gasteiger partial charge in [0.15, 0.2) is 5.78 Å². The van der Waals surface area contributed by atoms with E-state index in [-0.39, 0.29) is 5.41 Å². The van der Waals surface area contributed by atoms with E-state index in [1.807, 2.05) is 30.3 Å². The summed E-state index contributed by atoms with van der Waals surface area (Å²) in [4.78, 5) is 12.4. The van der Waals surface area contributed by atoms with Crippen LogP contribution in [0.2, 0.25) is 0 Å². The molecule has 4 aliphatic rings. The fourth-order valence-electron chi connectivity index (χ4n) is 4.40. The molecule has 4 bridgehead atoms. The molecule has 4 aliphatic carbocycles. The zero-order valence-corrected chi connectivity index (χ0v) is 8.65. The fraction of sp³-hybridized carbons (Fsp3) is 0.500. The summed E-state index contributed by atoms with van der Waals surface area (Å²) in [5.41, 5.74) is 1.05. The monoisotopic (exact) mass is 198 g/mol. The molecular weight excluding hydrogens is 184 g/mol.